The van der Waals surface area contributed by atoms with E-state index in [9.17, 15) is 4.79 Å². The Morgan fingerprint density at radius 1 is 1.07 bits per heavy atom. The van der Waals surface area contributed by atoms with Crippen LogP contribution in [0.2, 0.25) is 5.02 Å². The molecule has 4 nitrogen and oxygen atoms in total. The van der Waals surface area contributed by atoms with Crippen molar-refractivity contribution < 1.29 is 9.53 Å². The minimum absolute atomic E-state index is 0.216. The summed E-state index contributed by atoms with van der Waals surface area (Å²) in [5.41, 5.74) is 3.22. The Hall–Kier alpha value is -2.04. The van der Waals surface area contributed by atoms with Crippen LogP contribution in [0.4, 0.5) is 10.5 Å². The van der Waals surface area contributed by atoms with Crippen molar-refractivity contribution in [2.45, 2.75) is 43.7 Å². The minimum Gasteiger partial charge on any atom is -0.441 e. The molecule has 2 aromatic rings. The third-order valence-corrected chi connectivity index (χ3v) is 6.63. The number of para-hydroxylation sites is 1. The lowest BCUT2D eigenvalue weighted by molar-refractivity contribution is -0.000974. The fourth-order valence-corrected chi connectivity index (χ4v) is 4.74. The quantitative estimate of drug-likeness (QED) is 0.711. The van der Waals surface area contributed by atoms with Gasteiger partial charge in [-0.2, -0.15) is 0 Å². The Labute approximate surface area is 171 Å². The fraction of sp³-hybridized carbons (Fsp3) is 0.435. The summed E-state index contributed by atoms with van der Waals surface area (Å²) in [5.74, 6) is 0.666. The molecular formula is C23H25ClN2O2. The van der Waals surface area contributed by atoms with E-state index in [1.54, 1.807) is 4.90 Å². The Balaban J connectivity index is 1.22. The van der Waals surface area contributed by atoms with Crippen LogP contribution in [0.25, 0.3) is 0 Å². The molecule has 5 rings (SSSR count). The number of rotatable bonds is 4. The molecule has 28 heavy (non-hydrogen) atoms. The standard InChI is InChI=1S/C23H25ClN2O2/c24-21-9-6-17(14-20(21)18-7-8-18)15-25-12-10-23(11-13-25)16-26(22(27)28-23)19-4-2-1-3-5-19/h1-6,9,14,18H,7-8,10-13,15-16H2. The van der Waals surface area contributed by atoms with Crippen molar-refractivity contribution >= 4 is 23.4 Å². The summed E-state index contributed by atoms with van der Waals surface area (Å²) in [6.07, 6.45) is 4.07. The van der Waals surface area contributed by atoms with Crippen LogP contribution in [0.15, 0.2) is 48.5 Å². The first kappa shape index (κ1) is 18.0. The number of carbonyl (C=O) groups excluding carboxylic acids is 1. The predicted octanol–water partition coefficient (Wildman–Crippen LogP) is 5.21. The Bertz CT molecular complexity index is 873. The summed E-state index contributed by atoms with van der Waals surface area (Å²) < 4.78 is 5.87. The molecule has 1 amide bonds. The molecule has 0 atom stereocenters. The topological polar surface area (TPSA) is 32.8 Å². The summed E-state index contributed by atoms with van der Waals surface area (Å²) >= 11 is 6.37. The Morgan fingerprint density at radius 2 is 1.82 bits per heavy atom. The monoisotopic (exact) mass is 396 g/mol. The van der Waals surface area contributed by atoms with E-state index in [4.69, 9.17) is 16.3 Å². The second kappa shape index (κ2) is 7.09. The third-order valence-electron chi connectivity index (χ3n) is 6.29. The maximum atomic E-state index is 12.4. The molecule has 2 heterocycles. The maximum absolute atomic E-state index is 12.4. The average molecular weight is 397 g/mol. The molecule has 0 bridgehead atoms. The lowest BCUT2D eigenvalue weighted by atomic mass is 9.91. The van der Waals surface area contributed by atoms with E-state index in [0.717, 1.165) is 43.2 Å². The Morgan fingerprint density at radius 3 is 2.54 bits per heavy atom. The van der Waals surface area contributed by atoms with Crippen molar-refractivity contribution in [3.63, 3.8) is 0 Å². The van der Waals surface area contributed by atoms with Gasteiger partial charge in [0.2, 0.25) is 0 Å². The molecule has 2 aliphatic heterocycles. The van der Waals surface area contributed by atoms with E-state index in [-0.39, 0.29) is 11.7 Å². The van der Waals surface area contributed by atoms with Gasteiger partial charge < -0.3 is 4.74 Å². The van der Waals surface area contributed by atoms with Crippen molar-refractivity contribution in [1.29, 1.82) is 0 Å². The normalized spacial score (nSPS) is 21.9. The molecule has 5 heteroatoms. The van der Waals surface area contributed by atoms with Crippen molar-refractivity contribution in [2.75, 3.05) is 24.5 Å². The number of amides is 1. The zero-order valence-electron chi connectivity index (χ0n) is 15.9. The highest BCUT2D eigenvalue weighted by molar-refractivity contribution is 6.31. The largest absolute Gasteiger partial charge is 0.441 e. The number of hydrogen-bond acceptors (Lipinski definition) is 3. The maximum Gasteiger partial charge on any atom is 0.415 e. The van der Waals surface area contributed by atoms with E-state index in [2.05, 4.69) is 17.0 Å². The van der Waals surface area contributed by atoms with Crippen molar-refractivity contribution in [3.8, 4) is 0 Å². The molecule has 0 N–H and O–H groups in total. The van der Waals surface area contributed by atoms with Crippen LogP contribution in [0, 0.1) is 0 Å². The Kier molecular flexibility index (Phi) is 4.56. The molecule has 1 spiro atoms. The van der Waals surface area contributed by atoms with Gasteiger partial charge in [-0.3, -0.25) is 9.80 Å². The highest BCUT2D eigenvalue weighted by Crippen LogP contribution is 2.43. The van der Waals surface area contributed by atoms with E-state index in [1.165, 1.54) is 24.0 Å². The lowest BCUT2D eigenvalue weighted by Crippen LogP contribution is -2.46. The fourth-order valence-electron chi connectivity index (χ4n) is 4.47. The third kappa shape index (κ3) is 3.51. The van der Waals surface area contributed by atoms with Gasteiger partial charge >= 0.3 is 6.09 Å². The number of benzene rings is 2. The van der Waals surface area contributed by atoms with Crippen LogP contribution in [0.1, 0.15) is 42.7 Å². The van der Waals surface area contributed by atoms with Gasteiger partial charge in [-0.25, -0.2) is 4.79 Å². The molecular weight excluding hydrogens is 372 g/mol. The van der Waals surface area contributed by atoms with Crippen molar-refractivity contribution in [1.82, 2.24) is 4.90 Å². The summed E-state index contributed by atoms with van der Waals surface area (Å²) in [5, 5.41) is 0.905. The van der Waals surface area contributed by atoms with Crippen LogP contribution in [-0.4, -0.2) is 36.2 Å². The van der Waals surface area contributed by atoms with Gasteiger partial charge in [0.15, 0.2) is 0 Å². The van der Waals surface area contributed by atoms with E-state index < -0.39 is 0 Å². The first-order valence-corrected chi connectivity index (χ1v) is 10.6. The molecule has 0 aromatic heterocycles. The SMILES string of the molecule is O=C1OC2(CCN(Cc3ccc(Cl)c(C4CC4)c3)CC2)CN1c1ccccc1. The van der Waals surface area contributed by atoms with Gasteiger partial charge in [0.1, 0.15) is 5.60 Å². The van der Waals surface area contributed by atoms with Gasteiger partial charge in [0.25, 0.3) is 0 Å². The zero-order valence-corrected chi connectivity index (χ0v) is 16.7. The number of hydrogen-bond donors (Lipinski definition) is 0. The van der Waals surface area contributed by atoms with E-state index in [0.29, 0.717) is 12.5 Å². The number of halogens is 1. The summed E-state index contributed by atoms with van der Waals surface area (Å²) in [6, 6.07) is 16.3. The lowest BCUT2D eigenvalue weighted by Gasteiger charge is -2.37. The highest BCUT2D eigenvalue weighted by Gasteiger charge is 2.47. The van der Waals surface area contributed by atoms with Crippen LogP contribution >= 0.6 is 11.6 Å². The first-order valence-electron chi connectivity index (χ1n) is 10.2. The summed E-state index contributed by atoms with van der Waals surface area (Å²) in [6.45, 7) is 3.47. The van der Waals surface area contributed by atoms with E-state index >= 15 is 0 Å². The van der Waals surface area contributed by atoms with Gasteiger partial charge in [0, 0.05) is 43.2 Å². The second-order valence-corrected chi connectivity index (χ2v) is 8.79. The molecule has 3 fully saturated rings. The molecule has 0 unspecified atom stereocenters. The number of nitrogens with zero attached hydrogens (tertiary/aromatic N) is 2. The highest BCUT2D eigenvalue weighted by atomic mass is 35.5. The molecule has 1 aliphatic carbocycles. The van der Waals surface area contributed by atoms with Crippen molar-refractivity contribution in [2.24, 2.45) is 0 Å². The molecule has 0 radical (unpaired) electrons. The van der Waals surface area contributed by atoms with Crippen LogP contribution in [-0.2, 0) is 11.3 Å². The molecule has 146 valence electrons. The smallest absolute Gasteiger partial charge is 0.415 e. The van der Waals surface area contributed by atoms with Gasteiger partial charge in [-0.05, 0) is 48.1 Å². The number of piperidine rings is 1. The van der Waals surface area contributed by atoms with E-state index in [1.807, 2.05) is 36.4 Å². The van der Waals surface area contributed by atoms with Crippen LogP contribution < -0.4 is 4.90 Å². The van der Waals surface area contributed by atoms with Crippen LogP contribution in [0.3, 0.4) is 0 Å². The minimum atomic E-state index is -0.345. The predicted molar refractivity (Wildman–Crippen MR) is 111 cm³/mol. The summed E-state index contributed by atoms with van der Waals surface area (Å²) in [7, 11) is 0. The van der Waals surface area contributed by atoms with Gasteiger partial charge in [-0.1, -0.05) is 41.9 Å². The van der Waals surface area contributed by atoms with Gasteiger partial charge in [0.05, 0.1) is 6.54 Å². The number of ether oxygens (including phenoxy) is 1. The second-order valence-electron chi connectivity index (χ2n) is 8.38. The number of anilines is 1. The first-order chi connectivity index (χ1) is 13.6. The molecule has 2 aromatic carbocycles. The average Bonchev–Trinajstić information content (AvgIpc) is 3.50. The summed E-state index contributed by atoms with van der Waals surface area (Å²) in [4.78, 5) is 16.7. The zero-order chi connectivity index (χ0) is 19.1. The molecule has 2 saturated heterocycles. The van der Waals surface area contributed by atoms with Crippen LogP contribution in [0.5, 0.6) is 0 Å². The molecule has 3 aliphatic rings. The number of likely N-dealkylation sites (tertiary alicyclic amines) is 1. The molecule has 1 saturated carbocycles. The number of carbonyl (C=O) groups is 1. The van der Waals surface area contributed by atoms with Crippen molar-refractivity contribution in [3.05, 3.63) is 64.7 Å². The van der Waals surface area contributed by atoms with Gasteiger partial charge in [-0.15, -0.1) is 0 Å².